The highest BCUT2D eigenvalue weighted by Gasteiger charge is 2.13. The Hall–Kier alpha value is -0.850. The van der Waals surface area contributed by atoms with Gasteiger partial charge in [-0.2, -0.15) is 0 Å². The SMILES string of the molecule is CS(=O)(=O)n1cccc1CCN1CCNCC1. The van der Waals surface area contributed by atoms with Crippen LogP contribution in [0.5, 0.6) is 0 Å². The summed E-state index contributed by atoms with van der Waals surface area (Å²) in [6.07, 6.45) is 3.63. The lowest BCUT2D eigenvalue weighted by molar-refractivity contribution is 0.243. The van der Waals surface area contributed by atoms with Crippen LogP contribution in [-0.4, -0.2) is 56.3 Å². The minimum absolute atomic E-state index is 0.778. The van der Waals surface area contributed by atoms with Crippen molar-refractivity contribution in [3.63, 3.8) is 0 Å². The fourth-order valence-corrected chi connectivity index (χ4v) is 3.00. The molecule has 1 aliphatic heterocycles. The fourth-order valence-electron chi connectivity index (χ4n) is 2.13. The van der Waals surface area contributed by atoms with Gasteiger partial charge in [0.2, 0.25) is 10.0 Å². The molecule has 1 aromatic rings. The molecule has 2 heterocycles. The quantitative estimate of drug-likeness (QED) is 0.808. The van der Waals surface area contributed by atoms with Crippen LogP contribution in [0.2, 0.25) is 0 Å². The highest BCUT2D eigenvalue weighted by Crippen LogP contribution is 2.07. The van der Waals surface area contributed by atoms with Crippen molar-refractivity contribution in [1.82, 2.24) is 14.2 Å². The molecule has 0 saturated carbocycles. The molecule has 1 aromatic heterocycles. The number of hydrogen-bond acceptors (Lipinski definition) is 4. The van der Waals surface area contributed by atoms with E-state index in [4.69, 9.17) is 0 Å². The molecule has 0 bridgehead atoms. The summed E-state index contributed by atoms with van der Waals surface area (Å²) in [4.78, 5) is 2.36. The lowest BCUT2D eigenvalue weighted by Gasteiger charge is -2.27. The summed E-state index contributed by atoms with van der Waals surface area (Å²) in [5.41, 5.74) is 0.867. The van der Waals surface area contributed by atoms with Crippen LogP contribution in [0.15, 0.2) is 18.3 Å². The third-order valence-electron chi connectivity index (χ3n) is 3.04. The average molecular weight is 257 g/mol. The highest BCUT2D eigenvalue weighted by atomic mass is 32.2. The molecule has 1 saturated heterocycles. The smallest absolute Gasteiger partial charge is 0.235 e. The number of nitrogens with one attached hydrogen (secondary N) is 1. The van der Waals surface area contributed by atoms with E-state index in [1.54, 1.807) is 12.3 Å². The van der Waals surface area contributed by atoms with Crippen molar-refractivity contribution in [2.45, 2.75) is 6.42 Å². The van der Waals surface area contributed by atoms with Gasteiger partial charge in [0, 0.05) is 51.0 Å². The normalized spacial score (nSPS) is 18.4. The third kappa shape index (κ3) is 3.31. The van der Waals surface area contributed by atoms with E-state index in [0.717, 1.165) is 44.8 Å². The Kier molecular flexibility index (Phi) is 3.86. The van der Waals surface area contributed by atoms with Crippen LogP contribution >= 0.6 is 0 Å². The van der Waals surface area contributed by atoms with Crippen molar-refractivity contribution in [3.8, 4) is 0 Å². The minimum atomic E-state index is -3.16. The van der Waals surface area contributed by atoms with E-state index >= 15 is 0 Å². The molecule has 0 unspecified atom stereocenters. The van der Waals surface area contributed by atoms with Gasteiger partial charge < -0.3 is 10.2 Å². The van der Waals surface area contributed by atoms with Crippen LogP contribution in [0.25, 0.3) is 0 Å². The average Bonchev–Trinajstić information content (AvgIpc) is 2.75. The summed E-state index contributed by atoms with van der Waals surface area (Å²) in [5.74, 6) is 0. The van der Waals surface area contributed by atoms with E-state index in [0.29, 0.717) is 0 Å². The zero-order valence-corrected chi connectivity index (χ0v) is 10.9. The first kappa shape index (κ1) is 12.6. The van der Waals surface area contributed by atoms with Crippen molar-refractivity contribution in [2.75, 3.05) is 39.0 Å². The first-order valence-corrected chi connectivity index (χ1v) is 7.72. The number of nitrogens with zero attached hydrogens (tertiary/aromatic N) is 2. The predicted octanol–water partition coefficient (Wildman–Crippen LogP) is -0.256. The number of piperazine rings is 1. The second-order valence-corrected chi connectivity index (χ2v) is 6.26. The highest BCUT2D eigenvalue weighted by molar-refractivity contribution is 7.89. The van der Waals surface area contributed by atoms with Crippen LogP contribution in [-0.2, 0) is 16.4 Å². The maximum Gasteiger partial charge on any atom is 0.235 e. The van der Waals surface area contributed by atoms with Crippen LogP contribution in [0.4, 0.5) is 0 Å². The lowest BCUT2D eigenvalue weighted by atomic mass is 10.2. The van der Waals surface area contributed by atoms with E-state index in [1.807, 2.05) is 6.07 Å². The van der Waals surface area contributed by atoms with Crippen LogP contribution in [0.3, 0.4) is 0 Å². The molecule has 1 N–H and O–H groups in total. The predicted molar refractivity (Wildman–Crippen MR) is 67.7 cm³/mol. The molecule has 0 radical (unpaired) electrons. The van der Waals surface area contributed by atoms with Gasteiger partial charge in [-0.25, -0.2) is 12.4 Å². The molecule has 17 heavy (non-hydrogen) atoms. The zero-order chi connectivity index (χ0) is 12.3. The molecule has 0 aliphatic carbocycles. The van der Waals surface area contributed by atoms with Crippen LogP contribution in [0.1, 0.15) is 5.69 Å². The van der Waals surface area contributed by atoms with Crippen LogP contribution < -0.4 is 5.32 Å². The molecule has 0 aromatic carbocycles. The van der Waals surface area contributed by atoms with E-state index < -0.39 is 10.0 Å². The Morgan fingerprint density at radius 3 is 2.71 bits per heavy atom. The molecule has 96 valence electrons. The lowest BCUT2D eigenvalue weighted by Crippen LogP contribution is -2.44. The maximum atomic E-state index is 11.5. The molecule has 0 atom stereocenters. The molecular formula is C11H19N3O2S. The first-order valence-electron chi connectivity index (χ1n) is 5.87. The minimum Gasteiger partial charge on any atom is -0.314 e. The molecular weight excluding hydrogens is 238 g/mol. The van der Waals surface area contributed by atoms with Crippen molar-refractivity contribution < 1.29 is 8.42 Å². The van der Waals surface area contributed by atoms with Gasteiger partial charge in [0.05, 0.1) is 6.26 Å². The van der Waals surface area contributed by atoms with Crippen LogP contribution in [0, 0.1) is 0 Å². The fraction of sp³-hybridized carbons (Fsp3) is 0.636. The standard InChI is InChI=1S/C11H19N3O2S/c1-17(15,16)14-7-2-3-11(14)4-8-13-9-5-12-6-10-13/h2-3,7,12H,4-6,8-10H2,1H3. The summed E-state index contributed by atoms with van der Waals surface area (Å²) in [6, 6.07) is 3.66. The Bertz CT molecular complexity index is 461. The third-order valence-corrected chi connectivity index (χ3v) is 4.12. The Morgan fingerprint density at radius 2 is 2.06 bits per heavy atom. The summed E-state index contributed by atoms with van der Waals surface area (Å²) >= 11 is 0. The van der Waals surface area contributed by atoms with Gasteiger partial charge in [0.1, 0.15) is 0 Å². The molecule has 1 aliphatic rings. The largest absolute Gasteiger partial charge is 0.314 e. The van der Waals surface area contributed by atoms with Gasteiger partial charge in [-0.15, -0.1) is 0 Å². The molecule has 1 fully saturated rings. The van der Waals surface area contributed by atoms with Gasteiger partial charge in [0.25, 0.3) is 0 Å². The molecule has 0 amide bonds. The number of hydrogen-bond donors (Lipinski definition) is 1. The van der Waals surface area contributed by atoms with E-state index in [-0.39, 0.29) is 0 Å². The van der Waals surface area contributed by atoms with Crippen molar-refractivity contribution in [2.24, 2.45) is 0 Å². The monoisotopic (exact) mass is 257 g/mol. The van der Waals surface area contributed by atoms with Crippen molar-refractivity contribution >= 4 is 10.0 Å². The van der Waals surface area contributed by atoms with E-state index in [9.17, 15) is 8.42 Å². The second-order valence-electron chi connectivity index (χ2n) is 4.40. The topological polar surface area (TPSA) is 54.3 Å². The Morgan fingerprint density at radius 1 is 1.35 bits per heavy atom. The molecule has 6 heteroatoms. The second kappa shape index (κ2) is 5.20. The Balaban J connectivity index is 1.97. The van der Waals surface area contributed by atoms with E-state index in [2.05, 4.69) is 10.2 Å². The summed E-state index contributed by atoms with van der Waals surface area (Å²) in [7, 11) is -3.16. The van der Waals surface area contributed by atoms with Gasteiger partial charge in [-0.3, -0.25) is 0 Å². The van der Waals surface area contributed by atoms with Gasteiger partial charge >= 0.3 is 0 Å². The Labute approximate surface area is 102 Å². The zero-order valence-electron chi connectivity index (χ0n) is 10.1. The summed E-state index contributed by atoms with van der Waals surface area (Å²) in [5, 5.41) is 3.30. The molecule has 0 spiro atoms. The number of rotatable bonds is 4. The summed E-state index contributed by atoms with van der Waals surface area (Å²) < 4.78 is 24.4. The summed E-state index contributed by atoms with van der Waals surface area (Å²) in [6.45, 7) is 5.04. The van der Waals surface area contributed by atoms with Gasteiger partial charge in [0.15, 0.2) is 0 Å². The van der Waals surface area contributed by atoms with E-state index in [1.165, 1.54) is 10.2 Å². The van der Waals surface area contributed by atoms with Crippen molar-refractivity contribution in [1.29, 1.82) is 0 Å². The molecule has 5 nitrogen and oxygen atoms in total. The maximum absolute atomic E-state index is 11.5. The van der Waals surface area contributed by atoms with Crippen molar-refractivity contribution in [3.05, 3.63) is 24.0 Å². The van der Waals surface area contributed by atoms with Gasteiger partial charge in [-0.05, 0) is 12.1 Å². The first-order chi connectivity index (χ1) is 8.07. The number of aromatic nitrogens is 1. The molecule has 2 rings (SSSR count). The van der Waals surface area contributed by atoms with Gasteiger partial charge in [-0.1, -0.05) is 0 Å².